The molecular formula is C16H34O3. The van der Waals surface area contributed by atoms with Gasteiger partial charge in [0.25, 0.3) is 0 Å². The first-order valence-electron chi connectivity index (χ1n) is 7.73. The van der Waals surface area contributed by atoms with Crippen LogP contribution < -0.4 is 0 Å². The molecule has 0 aromatic heterocycles. The Kier molecular flexibility index (Phi) is 9.67. The summed E-state index contributed by atoms with van der Waals surface area (Å²) >= 11 is 0. The maximum atomic E-state index is 8.92. The Bertz CT molecular complexity index is 216. The second kappa shape index (κ2) is 9.73. The largest absolute Gasteiger partial charge is 0.394 e. The van der Waals surface area contributed by atoms with Gasteiger partial charge in [0.05, 0.1) is 31.0 Å². The molecule has 0 rings (SSSR count). The van der Waals surface area contributed by atoms with Crippen molar-refractivity contribution in [1.29, 1.82) is 0 Å². The molecule has 0 aliphatic carbocycles. The van der Waals surface area contributed by atoms with E-state index in [1.54, 1.807) is 0 Å². The molecule has 19 heavy (non-hydrogen) atoms. The number of hydrogen-bond donors (Lipinski definition) is 1. The third kappa shape index (κ3) is 8.61. The van der Waals surface area contributed by atoms with Crippen LogP contribution in [-0.2, 0) is 9.47 Å². The molecule has 0 bridgehead atoms. The summed E-state index contributed by atoms with van der Waals surface area (Å²) in [7, 11) is 0. The van der Waals surface area contributed by atoms with Gasteiger partial charge in [-0.3, -0.25) is 0 Å². The molecular weight excluding hydrogens is 240 g/mol. The van der Waals surface area contributed by atoms with E-state index in [0.717, 1.165) is 0 Å². The van der Waals surface area contributed by atoms with Crippen molar-refractivity contribution in [1.82, 2.24) is 0 Å². The van der Waals surface area contributed by atoms with Crippen molar-refractivity contribution in [2.24, 2.45) is 5.92 Å². The molecule has 0 heterocycles. The van der Waals surface area contributed by atoms with Crippen molar-refractivity contribution < 1.29 is 14.6 Å². The zero-order valence-corrected chi connectivity index (χ0v) is 13.7. The van der Waals surface area contributed by atoms with Crippen LogP contribution in [0.25, 0.3) is 0 Å². The first-order chi connectivity index (χ1) is 8.83. The number of hydrogen-bond acceptors (Lipinski definition) is 3. The lowest BCUT2D eigenvalue weighted by molar-refractivity contribution is -0.129. The lowest BCUT2D eigenvalue weighted by Gasteiger charge is -2.35. The molecule has 0 aromatic carbocycles. The maximum absolute atomic E-state index is 8.92. The van der Waals surface area contributed by atoms with E-state index in [-0.39, 0.29) is 24.4 Å². The Labute approximate surface area is 119 Å². The Morgan fingerprint density at radius 2 is 1.68 bits per heavy atom. The van der Waals surface area contributed by atoms with E-state index in [1.165, 1.54) is 25.7 Å². The Morgan fingerprint density at radius 3 is 2.21 bits per heavy atom. The van der Waals surface area contributed by atoms with E-state index in [1.807, 2.05) is 13.8 Å². The van der Waals surface area contributed by atoms with E-state index in [2.05, 4.69) is 27.7 Å². The molecule has 3 heteroatoms. The van der Waals surface area contributed by atoms with E-state index < -0.39 is 0 Å². The summed E-state index contributed by atoms with van der Waals surface area (Å²) in [6.07, 6.45) is 4.98. The monoisotopic (exact) mass is 274 g/mol. The summed E-state index contributed by atoms with van der Waals surface area (Å²) in [6.45, 7) is 13.3. The SMILES string of the molecule is CCCCCC(C)C(C)(C)OC(C)COC(C)CO. The van der Waals surface area contributed by atoms with Gasteiger partial charge in [-0.1, -0.05) is 33.1 Å². The molecule has 0 aliphatic heterocycles. The van der Waals surface area contributed by atoms with Gasteiger partial charge in [-0.15, -0.1) is 0 Å². The van der Waals surface area contributed by atoms with E-state index in [9.17, 15) is 0 Å². The quantitative estimate of drug-likeness (QED) is 0.583. The molecule has 0 spiro atoms. The molecule has 116 valence electrons. The summed E-state index contributed by atoms with van der Waals surface area (Å²) in [5.74, 6) is 0.539. The van der Waals surface area contributed by atoms with Crippen molar-refractivity contribution in [2.45, 2.75) is 85.0 Å². The van der Waals surface area contributed by atoms with Crippen molar-refractivity contribution in [3.05, 3.63) is 0 Å². The number of unbranched alkanes of at least 4 members (excludes halogenated alkanes) is 2. The van der Waals surface area contributed by atoms with Gasteiger partial charge >= 0.3 is 0 Å². The topological polar surface area (TPSA) is 38.7 Å². The average Bonchev–Trinajstić information content (AvgIpc) is 2.35. The molecule has 3 atom stereocenters. The van der Waals surface area contributed by atoms with Crippen LogP contribution in [0.2, 0.25) is 0 Å². The third-order valence-corrected chi connectivity index (χ3v) is 3.80. The molecule has 3 nitrogen and oxygen atoms in total. The van der Waals surface area contributed by atoms with E-state index in [4.69, 9.17) is 14.6 Å². The first kappa shape index (κ1) is 18.9. The summed E-state index contributed by atoms with van der Waals surface area (Å²) in [5.41, 5.74) is -0.126. The normalized spacial score (nSPS) is 17.2. The van der Waals surface area contributed by atoms with E-state index in [0.29, 0.717) is 12.5 Å². The van der Waals surface area contributed by atoms with Gasteiger partial charge in [-0.25, -0.2) is 0 Å². The van der Waals surface area contributed by atoms with Crippen LogP contribution in [0.5, 0.6) is 0 Å². The number of rotatable bonds is 11. The summed E-state index contributed by atoms with van der Waals surface area (Å²) < 4.78 is 11.6. The minimum absolute atomic E-state index is 0.0534. The minimum Gasteiger partial charge on any atom is -0.394 e. The fourth-order valence-corrected chi connectivity index (χ4v) is 2.07. The predicted octanol–water partition coefficient (Wildman–Crippen LogP) is 3.78. The lowest BCUT2D eigenvalue weighted by atomic mass is 9.87. The highest BCUT2D eigenvalue weighted by Crippen LogP contribution is 2.27. The highest BCUT2D eigenvalue weighted by Gasteiger charge is 2.28. The van der Waals surface area contributed by atoms with Gasteiger partial charge in [-0.05, 0) is 40.0 Å². The highest BCUT2D eigenvalue weighted by atomic mass is 16.6. The van der Waals surface area contributed by atoms with Crippen LogP contribution in [0.3, 0.4) is 0 Å². The Balaban J connectivity index is 4.04. The molecule has 0 saturated carbocycles. The average molecular weight is 274 g/mol. The molecule has 0 radical (unpaired) electrons. The molecule has 0 aliphatic rings. The number of aliphatic hydroxyl groups excluding tert-OH is 1. The predicted molar refractivity (Wildman–Crippen MR) is 80.4 cm³/mol. The van der Waals surface area contributed by atoms with Crippen LogP contribution in [0.15, 0.2) is 0 Å². The number of aliphatic hydroxyl groups is 1. The van der Waals surface area contributed by atoms with Gasteiger partial charge in [0.1, 0.15) is 0 Å². The van der Waals surface area contributed by atoms with Gasteiger partial charge in [0.2, 0.25) is 0 Å². The lowest BCUT2D eigenvalue weighted by Crippen LogP contribution is -2.38. The summed E-state index contributed by atoms with van der Waals surface area (Å²) in [6, 6.07) is 0. The Hall–Kier alpha value is -0.120. The molecule has 0 fully saturated rings. The van der Waals surface area contributed by atoms with Crippen molar-refractivity contribution in [3.8, 4) is 0 Å². The number of ether oxygens (including phenoxy) is 2. The zero-order chi connectivity index (χ0) is 14.9. The molecule has 0 saturated heterocycles. The maximum Gasteiger partial charge on any atom is 0.0788 e. The minimum atomic E-state index is -0.126. The van der Waals surface area contributed by atoms with Crippen LogP contribution >= 0.6 is 0 Å². The van der Waals surface area contributed by atoms with Gasteiger partial charge in [0.15, 0.2) is 0 Å². The summed E-state index contributed by atoms with van der Waals surface area (Å²) in [4.78, 5) is 0. The van der Waals surface area contributed by atoms with Gasteiger partial charge in [-0.2, -0.15) is 0 Å². The van der Waals surface area contributed by atoms with Crippen molar-refractivity contribution in [2.75, 3.05) is 13.2 Å². The first-order valence-corrected chi connectivity index (χ1v) is 7.73. The molecule has 0 aromatic rings. The highest BCUT2D eigenvalue weighted by molar-refractivity contribution is 4.77. The smallest absolute Gasteiger partial charge is 0.0788 e. The van der Waals surface area contributed by atoms with Crippen molar-refractivity contribution >= 4 is 0 Å². The second-order valence-electron chi connectivity index (χ2n) is 6.26. The fraction of sp³-hybridized carbons (Fsp3) is 1.00. The fourth-order valence-electron chi connectivity index (χ4n) is 2.07. The Morgan fingerprint density at radius 1 is 1.05 bits per heavy atom. The summed E-state index contributed by atoms with van der Waals surface area (Å²) in [5, 5.41) is 8.92. The molecule has 3 unspecified atom stereocenters. The van der Waals surface area contributed by atoms with Gasteiger partial charge < -0.3 is 14.6 Å². The molecule has 0 amide bonds. The zero-order valence-electron chi connectivity index (χ0n) is 13.7. The standard InChI is InChI=1S/C16H34O3/c1-7-8-9-10-13(2)16(5,6)19-15(4)12-18-14(3)11-17/h13-15,17H,7-12H2,1-6H3. The van der Waals surface area contributed by atoms with Crippen LogP contribution in [0.1, 0.15) is 67.2 Å². The van der Waals surface area contributed by atoms with Gasteiger partial charge in [0, 0.05) is 0 Å². The van der Waals surface area contributed by atoms with E-state index >= 15 is 0 Å². The second-order valence-corrected chi connectivity index (χ2v) is 6.26. The van der Waals surface area contributed by atoms with Crippen LogP contribution in [0.4, 0.5) is 0 Å². The van der Waals surface area contributed by atoms with Crippen LogP contribution in [0, 0.1) is 5.92 Å². The molecule has 1 N–H and O–H groups in total. The van der Waals surface area contributed by atoms with Crippen molar-refractivity contribution in [3.63, 3.8) is 0 Å². The van der Waals surface area contributed by atoms with Crippen LogP contribution in [-0.4, -0.2) is 36.1 Å². The third-order valence-electron chi connectivity index (χ3n) is 3.80.